The van der Waals surface area contributed by atoms with Crippen molar-refractivity contribution in [3.05, 3.63) is 46.5 Å². The van der Waals surface area contributed by atoms with Crippen molar-refractivity contribution in [3.63, 3.8) is 0 Å². The first-order valence-corrected chi connectivity index (χ1v) is 8.13. The number of aryl methyl sites for hydroxylation is 1. The molecule has 7 heteroatoms. The van der Waals surface area contributed by atoms with E-state index in [0.717, 1.165) is 37.3 Å². The summed E-state index contributed by atoms with van der Waals surface area (Å²) in [5, 5.41) is 11.4. The van der Waals surface area contributed by atoms with Gasteiger partial charge in [0.05, 0.1) is 16.9 Å². The third-order valence-corrected chi connectivity index (χ3v) is 4.89. The molecule has 1 aliphatic rings. The molecular formula is C16H21ClFN5. The molecule has 1 aliphatic heterocycles. The molecular weight excluding hydrogens is 317 g/mol. The van der Waals surface area contributed by atoms with Crippen molar-refractivity contribution in [2.75, 3.05) is 20.1 Å². The van der Waals surface area contributed by atoms with E-state index in [-0.39, 0.29) is 16.9 Å². The second-order valence-electron chi connectivity index (χ2n) is 6.13. The maximum Gasteiger partial charge on any atom is 0.142 e. The van der Waals surface area contributed by atoms with E-state index >= 15 is 0 Å². The van der Waals surface area contributed by atoms with Gasteiger partial charge in [0.15, 0.2) is 0 Å². The Morgan fingerprint density at radius 2 is 2.22 bits per heavy atom. The van der Waals surface area contributed by atoms with Crippen LogP contribution in [0.2, 0.25) is 5.02 Å². The Kier molecular flexibility index (Phi) is 4.94. The molecule has 0 aliphatic carbocycles. The lowest BCUT2D eigenvalue weighted by atomic mass is 9.93. The Hall–Kier alpha value is -1.50. The lowest BCUT2D eigenvalue weighted by molar-refractivity contribution is 0.271. The number of nitrogens with zero attached hydrogens (tertiary/aromatic N) is 4. The topological polar surface area (TPSA) is 46.0 Å². The van der Waals surface area contributed by atoms with E-state index in [0.29, 0.717) is 5.92 Å². The average Bonchev–Trinajstić information content (AvgIpc) is 3.09. The number of rotatable bonds is 5. The Balaban J connectivity index is 1.66. The highest BCUT2D eigenvalue weighted by Crippen LogP contribution is 2.36. The number of hydrogen-bond donors (Lipinski definition) is 1. The molecule has 1 N–H and O–H groups in total. The molecule has 5 nitrogen and oxygen atoms in total. The highest BCUT2D eigenvalue weighted by Gasteiger charge is 2.33. The van der Waals surface area contributed by atoms with Gasteiger partial charge >= 0.3 is 0 Å². The van der Waals surface area contributed by atoms with Crippen LogP contribution in [0.25, 0.3) is 0 Å². The lowest BCUT2D eigenvalue weighted by Gasteiger charge is -2.26. The molecule has 1 aromatic heterocycles. The van der Waals surface area contributed by atoms with Crippen molar-refractivity contribution in [2.24, 2.45) is 13.0 Å². The molecule has 23 heavy (non-hydrogen) atoms. The number of aromatic nitrogens is 3. The van der Waals surface area contributed by atoms with Gasteiger partial charge < -0.3 is 5.32 Å². The van der Waals surface area contributed by atoms with E-state index in [1.807, 2.05) is 13.1 Å². The fraction of sp³-hybridized carbons (Fsp3) is 0.500. The van der Waals surface area contributed by atoms with Crippen LogP contribution in [-0.2, 0) is 13.6 Å². The van der Waals surface area contributed by atoms with Crippen molar-refractivity contribution >= 4 is 11.6 Å². The molecule has 0 saturated carbocycles. The molecule has 2 atom stereocenters. The van der Waals surface area contributed by atoms with Gasteiger partial charge in [-0.3, -0.25) is 9.58 Å². The zero-order chi connectivity index (χ0) is 16.4. The van der Waals surface area contributed by atoms with Crippen LogP contribution in [0.5, 0.6) is 0 Å². The maximum atomic E-state index is 13.8. The van der Waals surface area contributed by atoms with Crippen molar-refractivity contribution in [1.29, 1.82) is 0 Å². The Bertz CT molecular complexity index is 674. The first-order valence-electron chi connectivity index (χ1n) is 7.75. The van der Waals surface area contributed by atoms with E-state index in [1.54, 1.807) is 23.0 Å². The predicted molar refractivity (Wildman–Crippen MR) is 87.6 cm³/mol. The van der Waals surface area contributed by atoms with E-state index in [2.05, 4.69) is 27.6 Å². The van der Waals surface area contributed by atoms with E-state index in [9.17, 15) is 4.39 Å². The minimum absolute atomic E-state index is 0.174. The summed E-state index contributed by atoms with van der Waals surface area (Å²) in [5.74, 6) is 0.0823. The van der Waals surface area contributed by atoms with Gasteiger partial charge in [0.25, 0.3) is 0 Å². The predicted octanol–water partition coefficient (Wildman–Crippen LogP) is 2.39. The first-order chi connectivity index (χ1) is 11.1. The van der Waals surface area contributed by atoms with Crippen LogP contribution < -0.4 is 5.32 Å². The fourth-order valence-corrected chi connectivity index (χ4v) is 3.44. The zero-order valence-corrected chi connectivity index (χ0v) is 14.1. The van der Waals surface area contributed by atoms with Crippen LogP contribution in [0.15, 0.2) is 24.4 Å². The monoisotopic (exact) mass is 337 g/mol. The summed E-state index contributed by atoms with van der Waals surface area (Å²) in [6.07, 6.45) is 2.85. The Morgan fingerprint density at radius 3 is 2.91 bits per heavy atom. The van der Waals surface area contributed by atoms with Crippen LogP contribution in [0.4, 0.5) is 4.39 Å². The third-order valence-electron chi connectivity index (χ3n) is 4.58. The molecule has 0 spiro atoms. The number of nitrogens with one attached hydrogen (secondary N) is 1. The minimum Gasteiger partial charge on any atom is -0.311 e. The van der Waals surface area contributed by atoms with Gasteiger partial charge in [-0.25, -0.2) is 4.39 Å². The summed E-state index contributed by atoms with van der Waals surface area (Å²) in [4.78, 5) is 2.28. The number of halogens is 2. The van der Waals surface area contributed by atoms with Gasteiger partial charge in [0.2, 0.25) is 0 Å². The lowest BCUT2D eigenvalue weighted by Crippen LogP contribution is -2.28. The summed E-state index contributed by atoms with van der Waals surface area (Å²) in [7, 11) is 3.97. The second-order valence-corrected chi connectivity index (χ2v) is 6.53. The first kappa shape index (κ1) is 16.4. The van der Waals surface area contributed by atoms with Gasteiger partial charge in [-0.1, -0.05) is 22.9 Å². The van der Waals surface area contributed by atoms with Crippen LogP contribution in [0.1, 0.15) is 23.7 Å². The number of hydrogen-bond acceptors (Lipinski definition) is 4. The molecule has 0 amide bonds. The molecule has 1 saturated heterocycles. The fourth-order valence-electron chi connectivity index (χ4n) is 3.32. The van der Waals surface area contributed by atoms with Gasteiger partial charge in [0, 0.05) is 26.2 Å². The maximum absolute atomic E-state index is 13.8. The molecule has 2 heterocycles. The van der Waals surface area contributed by atoms with Crippen LogP contribution in [0.3, 0.4) is 0 Å². The molecule has 0 unspecified atom stereocenters. The third kappa shape index (κ3) is 3.54. The van der Waals surface area contributed by atoms with Crippen LogP contribution >= 0.6 is 11.6 Å². The molecule has 1 aromatic carbocycles. The average molecular weight is 338 g/mol. The molecule has 124 valence electrons. The summed E-state index contributed by atoms with van der Waals surface area (Å²) in [5.41, 5.74) is 2.03. The van der Waals surface area contributed by atoms with Gasteiger partial charge in [-0.05, 0) is 43.6 Å². The number of benzene rings is 1. The summed E-state index contributed by atoms with van der Waals surface area (Å²) >= 11 is 5.80. The van der Waals surface area contributed by atoms with Gasteiger partial charge in [0.1, 0.15) is 5.82 Å². The van der Waals surface area contributed by atoms with Crippen molar-refractivity contribution < 1.29 is 4.39 Å². The second kappa shape index (κ2) is 6.95. The van der Waals surface area contributed by atoms with Gasteiger partial charge in [-0.2, -0.15) is 0 Å². The van der Waals surface area contributed by atoms with Crippen LogP contribution in [-0.4, -0.2) is 40.0 Å². The highest BCUT2D eigenvalue weighted by atomic mass is 35.5. The van der Waals surface area contributed by atoms with E-state index < -0.39 is 0 Å². The molecule has 0 radical (unpaired) electrons. The van der Waals surface area contributed by atoms with Crippen molar-refractivity contribution in [1.82, 2.24) is 25.2 Å². The highest BCUT2D eigenvalue weighted by molar-refractivity contribution is 6.30. The minimum atomic E-state index is -0.350. The smallest absolute Gasteiger partial charge is 0.142 e. The standard InChI is InChI=1S/C16H21ClFN5/c1-22-6-5-12(8-19-9-13-10-20-21-23(13)2)16(22)11-3-4-14(17)15(18)7-11/h3-4,7,10,12,16,19H,5-6,8-9H2,1-2H3/t12-,16+/m1/s1. The summed E-state index contributed by atoms with van der Waals surface area (Å²) in [6.45, 7) is 2.60. The molecule has 1 fully saturated rings. The van der Waals surface area contributed by atoms with Gasteiger partial charge in [-0.15, -0.1) is 5.10 Å². The molecule has 3 rings (SSSR count). The number of likely N-dealkylation sites (tertiary alicyclic amines) is 1. The van der Waals surface area contributed by atoms with Crippen LogP contribution in [0, 0.1) is 11.7 Å². The molecule has 2 aromatic rings. The zero-order valence-electron chi connectivity index (χ0n) is 13.3. The van der Waals surface area contributed by atoms with E-state index in [4.69, 9.17) is 11.6 Å². The largest absolute Gasteiger partial charge is 0.311 e. The SMILES string of the molecule is CN1CC[C@H](CNCc2cnnn2C)[C@@H]1c1ccc(Cl)c(F)c1. The Morgan fingerprint density at radius 1 is 1.39 bits per heavy atom. The van der Waals surface area contributed by atoms with E-state index in [1.165, 1.54) is 0 Å². The molecule has 0 bridgehead atoms. The summed E-state index contributed by atoms with van der Waals surface area (Å²) in [6, 6.07) is 5.34. The normalized spacial score (nSPS) is 21.9. The Labute approximate surface area is 140 Å². The quantitative estimate of drug-likeness (QED) is 0.910. The van der Waals surface area contributed by atoms with Crippen molar-refractivity contribution in [2.45, 2.75) is 19.0 Å². The van der Waals surface area contributed by atoms with Crippen molar-refractivity contribution in [3.8, 4) is 0 Å². The summed E-state index contributed by atoms with van der Waals surface area (Å²) < 4.78 is 15.6.